The fourth-order valence-electron chi connectivity index (χ4n) is 2.50. The van der Waals surface area contributed by atoms with Crippen LogP contribution in [-0.4, -0.2) is 43.4 Å². The summed E-state index contributed by atoms with van der Waals surface area (Å²) in [6.45, 7) is 6.60. The Labute approximate surface area is 148 Å². The molecule has 0 radical (unpaired) electrons. The summed E-state index contributed by atoms with van der Waals surface area (Å²) in [4.78, 5) is 24.5. The lowest BCUT2D eigenvalue weighted by Gasteiger charge is -2.23. The number of esters is 1. The molecule has 0 saturated carbocycles. The van der Waals surface area contributed by atoms with Crippen LogP contribution in [0.25, 0.3) is 0 Å². The molecule has 1 amide bonds. The van der Waals surface area contributed by atoms with E-state index in [1.807, 2.05) is 13.8 Å². The molecule has 1 aromatic rings. The molecule has 0 spiro atoms. The van der Waals surface area contributed by atoms with Crippen molar-refractivity contribution in [2.45, 2.75) is 58.5 Å². The van der Waals surface area contributed by atoms with Crippen LogP contribution in [-0.2, 0) is 30.3 Å². The Balaban J connectivity index is 1.79. The maximum atomic E-state index is 12.3. The molecule has 1 aromatic heterocycles. The van der Waals surface area contributed by atoms with Crippen molar-refractivity contribution in [3.8, 4) is 0 Å². The highest BCUT2D eigenvalue weighted by Crippen LogP contribution is 2.14. The van der Waals surface area contributed by atoms with Crippen LogP contribution in [0.2, 0.25) is 0 Å². The average Bonchev–Trinajstić information content (AvgIpc) is 3.28. The number of hydrogen-bond acceptors (Lipinski definition) is 6. The molecule has 7 heteroatoms. The van der Waals surface area contributed by atoms with Gasteiger partial charge in [-0.15, -0.1) is 0 Å². The Morgan fingerprint density at radius 3 is 2.76 bits per heavy atom. The van der Waals surface area contributed by atoms with E-state index in [4.69, 9.17) is 18.6 Å². The Kier molecular flexibility index (Phi) is 7.46. The van der Waals surface area contributed by atoms with Gasteiger partial charge in [-0.25, -0.2) is 4.79 Å². The number of rotatable bonds is 9. The molecule has 7 nitrogen and oxygen atoms in total. The number of hydrogen-bond donors (Lipinski definition) is 1. The van der Waals surface area contributed by atoms with Crippen molar-refractivity contribution in [2.24, 2.45) is 5.92 Å². The van der Waals surface area contributed by atoms with Crippen LogP contribution in [0.15, 0.2) is 22.8 Å². The third-order valence-corrected chi connectivity index (χ3v) is 4.01. The highest BCUT2D eigenvalue weighted by molar-refractivity contribution is 5.84. The second-order valence-corrected chi connectivity index (χ2v) is 6.51. The molecule has 140 valence electrons. The maximum absolute atomic E-state index is 12.3. The predicted molar refractivity (Wildman–Crippen MR) is 89.7 cm³/mol. The van der Waals surface area contributed by atoms with Crippen molar-refractivity contribution in [1.29, 1.82) is 0 Å². The third kappa shape index (κ3) is 6.17. The third-order valence-electron chi connectivity index (χ3n) is 4.01. The van der Waals surface area contributed by atoms with Crippen molar-refractivity contribution in [1.82, 2.24) is 5.32 Å². The van der Waals surface area contributed by atoms with E-state index in [2.05, 4.69) is 5.32 Å². The van der Waals surface area contributed by atoms with E-state index in [-0.39, 0.29) is 24.5 Å². The van der Waals surface area contributed by atoms with Crippen LogP contribution in [0, 0.1) is 5.92 Å². The van der Waals surface area contributed by atoms with Crippen molar-refractivity contribution in [3.63, 3.8) is 0 Å². The number of ether oxygens (including phenoxy) is 3. The molecule has 1 aliphatic heterocycles. The van der Waals surface area contributed by atoms with E-state index in [9.17, 15) is 9.59 Å². The second-order valence-electron chi connectivity index (χ2n) is 6.51. The molecule has 1 N–H and O–H groups in total. The van der Waals surface area contributed by atoms with Crippen LogP contribution in [0.1, 0.15) is 39.4 Å². The predicted octanol–water partition coefficient (Wildman–Crippen LogP) is 2.05. The van der Waals surface area contributed by atoms with Crippen molar-refractivity contribution in [2.75, 3.05) is 13.2 Å². The minimum Gasteiger partial charge on any atom is -0.467 e. The van der Waals surface area contributed by atoms with E-state index < -0.39 is 18.2 Å². The van der Waals surface area contributed by atoms with Gasteiger partial charge in [0.2, 0.25) is 0 Å². The van der Waals surface area contributed by atoms with Gasteiger partial charge in [0.1, 0.15) is 5.76 Å². The van der Waals surface area contributed by atoms with Crippen LogP contribution in [0.5, 0.6) is 0 Å². The van der Waals surface area contributed by atoms with Gasteiger partial charge < -0.3 is 23.9 Å². The summed E-state index contributed by atoms with van der Waals surface area (Å²) in [5.41, 5.74) is 0. The number of carbonyl (C=O) groups excluding carboxylic acids is 2. The van der Waals surface area contributed by atoms with Gasteiger partial charge in [0.25, 0.3) is 5.91 Å². The van der Waals surface area contributed by atoms with E-state index in [0.717, 1.165) is 19.4 Å². The van der Waals surface area contributed by atoms with Crippen molar-refractivity contribution < 1.29 is 28.2 Å². The molecule has 1 saturated heterocycles. The highest BCUT2D eigenvalue weighted by Gasteiger charge is 2.29. The second kappa shape index (κ2) is 9.58. The van der Waals surface area contributed by atoms with E-state index in [0.29, 0.717) is 12.4 Å². The van der Waals surface area contributed by atoms with Gasteiger partial charge in [0.05, 0.1) is 25.5 Å². The first-order chi connectivity index (χ1) is 12.0. The lowest BCUT2D eigenvalue weighted by atomic mass is 10.1. The van der Waals surface area contributed by atoms with Crippen LogP contribution < -0.4 is 5.32 Å². The van der Waals surface area contributed by atoms with E-state index in [1.54, 1.807) is 19.1 Å². The smallest absolute Gasteiger partial charge is 0.335 e. The van der Waals surface area contributed by atoms with E-state index >= 15 is 0 Å². The van der Waals surface area contributed by atoms with Crippen molar-refractivity contribution in [3.05, 3.63) is 24.2 Å². The summed E-state index contributed by atoms with van der Waals surface area (Å²) in [5, 5.41) is 2.72. The molecule has 3 unspecified atom stereocenters. The number of nitrogens with one attached hydrogen (secondary N) is 1. The molecule has 3 atom stereocenters. The Hall–Kier alpha value is -1.86. The summed E-state index contributed by atoms with van der Waals surface area (Å²) < 4.78 is 21.5. The topological polar surface area (TPSA) is 87.0 Å². The first kappa shape index (κ1) is 19.5. The Bertz CT molecular complexity index is 536. The zero-order chi connectivity index (χ0) is 18.2. The molecule has 0 bridgehead atoms. The van der Waals surface area contributed by atoms with Crippen molar-refractivity contribution >= 4 is 11.9 Å². The zero-order valence-electron chi connectivity index (χ0n) is 15.0. The van der Waals surface area contributed by atoms with Gasteiger partial charge in [0.15, 0.2) is 12.2 Å². The number of amides is 1. The molecule has 1 fully saturated rings. The lowest BCUT2D eigenvalue weighted by molar-refractivity contribution is -0.170. The minimum absolute atomic E-state index is 0.0349. The van der Waals surface area contributed by atoms with Crippen LogP contribution >= 0.6 is 0 Å². The minimum atomic E-state index is -0.878. The van der Waals surface area contributed by atoms with Gasteiger partial charge in [-0.1, -0.05) is 13.8 Å². The normalized spacial score (nSPS) is 19.6. The van der Waals surface area contributed by atoms with Gasteiger partial charge in [-0.3, -0.25) is 4.79 Å². The molecular weight excluding hydrogens is 326 g/mol. The summed E-state index contributed by atoms with van der Waals surface area (Å²) in [5.74, 6) is -0.433. The van der Waals surface area contributed by atoms with E-state index in [1.165, 1.54) is 6.26 Å². The highest BCUT2D eigenvalue weighted by atomic mass is 16.6. The average molecular weight is 353 g/mol. The molecule has 2 heterocycles. The fraction of sp³-hybridized carbons (Fsp3) is 0.667. The van der Waals surface area contributed by atoms with Crippen LogP contribution in [0.4, 0.5) is 0 Å². The molecule has 2 rings (SSSR count). The Morgan fingerprint density at radius 2 is 2.16 bits per heavy atom. The molecule has 25 heavy (non-hydrogen) atoms. The summed E-state index contributed by atoms with van der Waals surface area (Å²) in [6, 6.07) is 3.51. The quantitative estimate of drug-likeness (QED) is 0.684. The van der Waals surface area contributed by atoms with Gasteiger partial charge in [-0.05, 0) is 37.8 Å². The van der Waals surface area contributed by atoms with Crippen LogP contribution in [0.3, 0.4) is 0 Å². The molecular formula is C18H27NO6. The SMILES string of the molecule is CC(OCC1CCCO1)C(=O)OC(C(=O)NCc1ccco1)C(C)C. The lowest BCUT2D eigenvalue weighted by Crippen LogP contribution is -2.42. The maximum Gasteiger partial charge on any atom is 0.335 e. The summed E-state index contributed by atoms with van der Waals surface area (Å²) in [6.07, 6.45) is 1.89. The standard InChI is InChI=1S/C18H27NO6/c1-12(2)16(17(20)19-10-14-6-4-8-22-14)25-18(21)13(3)24-11-15-7-5-9-23-15/h4,6,8,12-13,15-16H,5,7,9-11H2,1-3H3,(H,19,20). The first-order valence-electron chi connectivity index (χ1n) is 8.71. The molecule has 0 aromatic carbocycles. The van der Waals surface area contributed by atoms with Gasteiger partial charge in [-0.2, -0.15) is 0 Å². The molecule has 0 aliphatic carbocycles. The number of furan rings is 1. The largest absolute Gasteiger partial charge is 0.467 e. The summed E-state index contributed by atoms with van der Waals surface area (Å²) >= 11 is 0. The fourth-order valence-corrected chi connectivity index (χ4v) is 2.50. The van der Waals surface area contributed by atoms with Gasteiger partial charge in [0, 0.05) is 6.61 Å². The first-order valence-corrected chi connectivity index (χ1v) is 8.71. The number of carbonyl (C=O) groups is 2. The monoisotopic (exact) mass is 353 g/mol. The van der Waals surface area contributed by atoms with Gasteiger partial charge >= 0.3 is 5.97 Å². The summed E-state index contributed by atoms with van der Waals surface area (Å²) in [7, 11) is 0. The zero-order valence-corrected chi connectivity index (χ0v) is 15.0. The molecule has 1 aliphatic rings. The Morgan fingerprint density at radius 1 is 1.36 bits per heavy atom.